The van der Waals surface area contributed by atoms with Crippen molar-refractivity contribution in [1.82, 2.24) is 15.1 Å². The number of para-hydroxylation sites is 2. The molecule has 0 radical (unpaired) electrons. The number of nitrogens with one attached hydrogen (secondary N) is 2. The van der Waals surface area contributed by atoms with Gasteiger partial charge in [0.15, 0.2) is 0 Å². The van der Waals surface area contributed by atoms with E-state index in [-0.39, 0.29) is 23.9 Å². The summed E-state index contributed by atoms with van der Waals surface area (Å²) in [7, 11) is 1.85. The maximum atomic E-state index is 14.7. The minimum atomic E-state index is -0.526. The van der Waals surface area contributed by atoms with Crippen LogP contribution in [0, 0.1) is 12.7 Å². The van der Waals surface area contributed by atoms with E-state index in [0.717, 1.165) is 22.8 Å². The van der Waals surface area contributed by atoms with E-state index in [1.165, 1.54) is 6.07 Å². The summed E-state index contributed by atoms with van der Waals surface area (Å²) in [6.07, 6.45) is 0.330. The summed E-state index contributed by atoms with van der Waals surface area (Å²) in [5, 5.41) is 10.5. The molecule has 8 heteroatoms. The summed E-state index contributed by atoms with van der Waals surface area (Å²) >= 11 is 0. The predicted octanol–water partition coefficient (Wildman–Crippen LogP) is 3.80. The Balaban J connectivity index is 1.68. The van der Waals surface area contributed by atoms with Gasteiger partial charge in [-0.1, -0.05) is 25.1 Å². The average molecular weight is 421 g/mol. The van der Waals surface area contributed by atoms with Crippen LogP contribution in [-0.4, -0.2) is 21.6 Å². The van der Waals surface area contributed by atoms with Gasteiger partial charge in [-0.05, 0) is 31.2 Å². The molecule has 160 valence electrons. The zero-order valence-electron chi connectivity index (χ0n) is 17.7. The molecule has 7 nitrogen and oxygen atoms in total. The molecule has 0 fully saturated rings. The molecule has 2 amide bonds. The van der Waals surface area contributed by atoms with Crippen LogP contribution in [0.4, 0.5) is 21.6 Å². The Morgan fingerprint density at radius 2 is 2.00 bits per heavy atom. The molecule has 0 aliphatic carbocycles. The Morgan fingerprint density at radius 1 is 1.23 bits per heavy atom. The fourth-order valence-corrected chi connectivity index (χ4v) is 3.71. The largest absolute Gasteiger partial charge is 0.352 e. The van der Waals surface area contributed by atoms with Gasteiger partial charge in [-0.3, -0.25) is 14.3 Å². The quantitative estimate of drug-likeness (QED) is 0.672. The van der Waals surface area contributed by atoms with Gasteiger partial charge in [0.2, 0.25) is 5.91 Å². The first kappa shape index (κ1) is 20.6. The molecular formula is C23H24FN5O2. The third-order valence-corrected chi connectivity index (χ3v) is 5.45. The SMILES string of the molecule is CCC(=O)NCc1ccc(C(=O)N2Cc3c(C)nn(C)c3Nc3ccccc32)cc1F. The van der Waals surface area contributed by atoms with Crippen LogP contribution in [0.15, 0.2) is 42.5 Å². The van der Waals surface area contributed by atoms with Gasteiger partial charge in [-0.15, -0.1) is 0 Å². The van der Waals surface area contributed by atoms with Crippen LogP contribution < -0.4 is 15.5 Å². The predicted molar refractivity (Wildman–Crippen MR) is 117 cm³/mol. The molecule has 1 aliphatic heterocycles. The van der Waals surface area contributed by atoms with Crippen molar-refractivity contribution in [3.8, 4) is 0 Å². The zero-order chi connectivity index (χ0) is 22.1. The first-order valence-electron chi connectivity index (χ1n) is 10.1. The lowest BCUT2D eigenvalue weighted by atomic mass is 10.1. The van der Waals surface area contributed by atoms with Crippen LogP contribution in [0.3, 0.4) is 0 Å². The lowest BCUT2D eigenvalue weighted by molar-refractivity contribution is -0.120. The third-order valence-electron chi connectivity index (χ3n) is 5.45. The maximum Gasteiger partial charge on any atom is 0.258 e. The van der Waals surface area contributed by atoms with E-state index in [9.17, 15) is 14.0 Å². The monoisotopic (exact) mass is 421 g/mol. The van der Waals surface area contributed by atoms with Crippen molar-refractivity contribution < 1.29 is 14.0 Å². The molecule has 0 unspecified atom stereocenters. The molecular weight excluding hydrogens is 397 g/mol. The van der Waals surface area contributed by atoms with Gasteiger partial charge in [0, 0.05) is 36.7 Å². The Kier molecular flexibility index (Phi) is 5.46. The smallest absolute Gasteiger partial charge is 0.258 e. The molecule has 4 rings (SSSR count). The molecule has 0 atom stereocenters. The number of hydrogen-bond donors (Lipinski definition) is 2. The van der Waals surface area contributed by atoms with Crippen LogP contribution in [0.25, 0.3) is 0 Å². The number of aryl methyl sites for hydroxylation is 2. The van der Waals surface area contributed by atoms with Crippen molar-refractivity contribution in [2.45, 2.75) is 33.4 Å². The van der Waals surface area contributed by atoms with Crippen molar-refractivity contribution in [3.05, 3.63) is 70.7 Å². The highest BCUT2D eigenvalue weighted by atomic mass is 19.1. The van der Waals surface area contributed by atoms with Crippen molar-refractivity contribution in [3.63, 3.8) is 0 Å². The summed E-state index contributed by atoms with van der Waals surface area (Å²) < 4.78 is 16.4. The van der Waals surface area contributed by atoms with E-state index < -0.39 is 5.82 Å². The number of hydrogen-bond acceptors (Lipinski definition) is 4. The highest BCUT2D eigenvalue weighted by Crippen LogP contribution is 2.37. The molecule has 1 aliphatic rings. The average Bonchev–Trinajstić information content (AvgIpc) is 2.93. The molecule has 0 saturated heterocycles. The Labute approximate surface area is 179 Å². The van der Waals surface area contributed by atoms with E-state index in [4.69, 9.17) is 0 Å². The van der Waals surface area contributed by atoms with Crippen molar-refractivity contribution >= 4 is 29.0 Å². The third kappa shape index (κ3) is 3.88. The second-order valence-corrected chi connectivity index (χ2v) is 7.51. The highest BCUT2D eigenvalue weighted by molar-refractivity contribution is 6.08. The normalized spacial score (nSPS) is 12.5. The first-order valence-corrected chi connectivity index (χ1v) is 10.1. The summed E-state index contributed by atoms with van der Waals surface area (Å²) in [6.45, 7) is 4.03. The van der Waals surface area contributed by atoms with E-state index in [1.807, 2.05) is 38.2 Å². The molecule has 0 bridgehead atoms. The van der Waals surface area contributed by atoms with Gasteiger partial charge in [0.05, 0.1) is 23.6 Å². The number of anilines is 3. The van der Waals surface area contributed by atoms with Gasteiger partial charge in [0.1, 0.15) is 11.6 Å². The van der Waals surface area contributed by atoms with Crippen molar-refractivity contribution in [2.75, 3.05) is 10.2 Å². The summed E-state index contributed by atoms with van der Waals surface area (Å²) in [5.41, 5.74) is 3.79. The molecule has 0 saturated carbocycles. The molecule has 31 heavy (non-hydrogen) atoms. The number of aromatic nitrogens is 2. The lowest BCUT2D eigenvalue weighted by Crippen LogP contribution is -2.30. The summed E-state index contributed by atoms with van der Waals surface area (Å²) in [5.74, 6) is -0.167. The van der Waals surface area contributed by atoms with E-state index in [0.29, 0.717) is 24.2 Å². The molecule has 1 aromatic heterocycles. The van der Waals surface area contributed by atoms with Crippen LogP contribution in [0.2, 0.25) is 0 Å². The zero-order valence-corrected chi connectivity index (χ0v) is 17.7. The fraction of sp³-hybridized carbons (Fsp3) is 0.261. The standard InChI is InChI=1S/C23H24FN5O2/c1-4-21(30)25-12-16-10-9-15(11-18(16)24)23(31)29-13-17-14(2)27-28(3)22(17)26-19-7-5-6-8-20(19)29/h5-11,26H,4,12-13H2,1-3H3,(H,25,30). The topological polar surface area (TPSA) is 79.3 Å². The van der Waals surface area contributed by atoms with Gasteiger partial charge in [-0.2, -0.15) is 5.10 Å². The number of rotatable bonds is 4. The Morgan fingerprint density at radius 3 is 2.74 bits per heavy atom. The molecule has 3 aromatic rings. The number of carbonyl (C=O) groups excluding carboxylic acids is 2. The minimum absolute atomic E-state index is 0.0850. The number of fused-ring (bicyclic) bond motifs is 2. The van der Waals surface area contributed by atoms with Crippen molar-refractivity contribution in [2.24, 2.45) is 7.05 Å². The molecule has 2 aromatic carbocycles. The minimum Gasteiger partial charge on any atom is -0.352 e. The van der Waals surface area contributed by atoms with Gasteiger partial charge in [-0.25, -0.2) is 4.39 Å². The fourth-order valence-electron chi connectivity index (χ4n) is 3.71. The van der Waals surface area contributed by atoms with Gasteiger partial charge >= 0.3 is 0 Å². The van der Waals surface area contributed by atoms with E-state index in [1.54, 1.807) is 28.6 Å². The molecule has 2 heterocycles. The van der Waals surface area contributed by atoms with Gasteiger partial charge in [0.25, 0.3) is 5.91 Å². The summed E-state index contributed by atoms with van der Waals surface area (Å²) in [6, 6.07) is 11.9. The number of amides is 2. The second kappa shape index (κ2) is 8.22. The molecule has 2 N–H and O–H groups in total. The maximum absolute atomic E-state index is 14.7. The number of halogens is 1. The lowest BCUT2D eigenvalue weighted by Gasteiger charge is -2.23. The Bertz CT molecular complexity index is 1170. The highest BCUT2D eigenvalue weighted by Gasteiger charge is 2.28. The van der Waals surface area contributed by atoms with Crippen LogP contribution >= 0.6 is 0 Å². The second-order valence-electron chi connectivity index (χ2n) is 7.51. The van der Waals surface area contributed by atoms with Gasteiger partial charge < -0.3 is 15.5 Å². The number of carbonyl (C=O) groups is 2. The first-order chi connectivity index (χ1) is 14.9. The number of benzene rings is 2. The van der Waals surface area contributed by atoms with E-state index in [2.05, 4.69) is 15.7 Å². The van der Waals surface area contributed by atoms with Crippen LogP contribution in [0.1, 0.15) is 40.5 Å². The van der Waals surface area contributed by atoms with Crippen molar-refractivity contribution in [1.29, 1.82) is 0 Å². The number of nitrogens with zero attached hydrogens (tertiary/aromatic N) is 3. The Hall–Kier alpha value is -3.68. The van der Waals surface area contributed by atoms with E-state index >= 15 is 0 Å². The van der Waals surface area contributed by atoms with Crippen LogP contribution in [-0.2, 0) is 24.9 Å². The van der Waals surface area contributed by atoms with Crippen LogP contribution in [0.5, 0.6) is 0 Å². The summed E-state index contributed by atoms with van der Waals surface area (Å²) in [4.78, 5) is 26.5. The molecule has 0 spiro atoms.